The lowest BCUT2D eigenvalue weighted by atomic mass is 10.00. The summed E-state index contributed by atoms with van der Waals surface area (Å²) in [6, 6.07) is 14.4. The third-order valence-corrected chi connectivity index (χ3v) is 5.11. The van der Waals surface area contributed by atoms with Gasteiger partial charge in [0, 0.05) is 12.1 Å². The smallest absolute Gasteiger partial charge is 0.417 e. The summed E-state index contributed by atoms with van der Waals surface area (Å²) in [5.74, 6) is -1.30. The predicted octanol–water partition coefficient (Wildman–Crippen LogP) is 6.05. The van der Waals surface area contributed by atoms with Crippen molar-refractivity contribution in [3.63, 3.8) is 0 Å². The maximum Gasteiger partial charge on any atom is 0.417 e. The Morgan fingerprint density at radius 3 is 2.37 bits per heavy atom. The fourth-order valence-corrected chi connectivity index (χ4v) is 3.76. The first-order valence-corrected chi connectivity index (χ1v) is 9.49. The van der Waals surface area contributed by atoms with Crippen LogP contribution >= 0.6 is 11.6 Å². The fourth-order valence-electron chi connectivity index (χ4n) is 3.37. The Morgan fingerprint density at radius 2 is 1.73 bits per heavy atom. The minimum Gasteiger partial charge on any atom is -0.478 e. The Balaban J connectivity index is 1.97. The molecule has 0 radical (unpaired) electrons. The van der Waals surface area contributed by atoms with E-state index in [9.17, 15) is 23.1 Å². The summed E-state index contributed by atoms with van der Waals surface area (Å²) in [7, 11) is 0. The minimum absolute atomic E-state index is 0.0985. The second-order valence-corrected chi connectivity index (χ2v) is 7.04. The summed E-state index contributed by atoms with van der Waals surface area (Å²) >= 11 is 6.29. The van der Waals surface area contributed by atoms with Crippen molar-refractivity contribution in [2.24, 2.45) is 0 Å². The molecule has 0 saturated carbocycles. The van der Waals surface area contributed by atoms with Crippen LogP contribution in [0.25, 0.3) is 11.3 Å². The number of alkyl halides is 3. The highest BCUT2D eigenvalue weighted by Crippen LogP contribution is 2.41. The molecule has 1 heterocycles. The second-order valence-electron chi connectivity index (χ2n) is 6.68. The monoisotopic (exact) mass is 437 g/mol. The van der Waals surface area contributed by atoms with Crippen LogP contribution in [-0.4, -0.2) is 22.2 Å². The van der Waals surface area contributed by atoms with E-state index in [0.717, 1.165) is 11.6 Å². The number of hydrogen-bond donors (Lipinski definition) is 1. The highest BCUT2D eigenvalue weighted by Gasteiger charge is 2.35. The van der Waals surface area contributed by atoms with Gasteiger partial charge >= 0.3 is 12.1 Å². The standard InChI is InChI=1S/C22H19ClF3NO3/c1-14-18(21(28)29)20(23)27(11-12-30-13-15-7-3-2-4-8-15)19(14)16-9-5-6-10-17(16)22(24,25)26/h2-10H,11-13H2,1H3,(H,28,29). The number of rotatable bonds is 7. The summed E-state index contributed by atoms with van der Waals surface area (Å²) in [4.78, 5) is 11.7. The van der Waals surface area contributed by atoms with E-state index in [2.05, 4.69) is 0 Å². The molecule has 0 bridgehead atoms. The third kappa shape index (κ3) is 4.52. The van der Waals surface area contributed by atoms with Crippen LogP contribution in [-0.2, 0) is 24.1 Å². The zero-order chi connectivity index (χ0) is 21.9. The largest absolute Gasteiger partial charge is 0.478 e. The van der Waals surface area contributed by atoms with Crippen LogP contribution in [0.2, 0.25) is 5.15 Å². The number of carboxylic acid groups (broad SMARTS) is 1. The Hall–Kier alpha value is -2.77. The zero-order valence-electron chi connectivity index (χ0n) is 16.0. The number of aromatic carboxylic acids is 1. The highest BCUT2D eigenvalue weighted by atomic mass is 35.5. The molecule has 0 aliphatic heterocycles. The van der Waals surface area contributed by atoms with Crippen LogP contribution in [0.4, 0.5) is 13.2 Å². The molecule has 0 atom stereocenters. The van der Waals surface area contributed by atoms with E-state index < -0.39 is 17.7 Å². The van der Waals surface area contributed by atoms with Gasteiger partial charge < -0.3 is 14.4 Å². The van der Waals surface area contributed by atoms with E-state index in [0.29, 0.717) is 6.61 Å². The Labute approximate surface area is 176 Å². The van der Waals surface area contributed by atoms with Crippen LogP contribution in [0, 0.1) is 6.92 Å². The van der Waals surface area contributed by atoms with Crippen LogP contribution < -0.4 is 0 Å². The molecule has 0 unspecified atom stereocenters. The Bertz CT molecular complexity index is 1050. The molecule has 30 heavy (non-hydrogen) atoms. The topological polar surface area (TPSA) is 51.5 Å². The predicted molar refractivity (Wildman–Crippen MR) is 108 cm³/mol. The summed E-state index contributed by atoms with van der Waals surface area (Å²) < 4.78 is 47.7. The molecule has 0 aliphatic carbocycles. The van der Waals surface area contributed by atoms with E-state index in [1.807, 2.05) is 30.3 Å². The molecule has 4 nitrogen and oxygen atoms in total. The average molecular weight is 438 g/mol. The number of aromatic nitrogens is 1. The first-order valence-electron chi connectivity index (χ1n) is 9.12. The van der Waals surface area contributed by atoms with Gasteiger partial charge in [-0.1, -0.05) is 60.1 Å². The molecule has 0 fully saturated rings. The SMILES string of the molecule is Cc1c(C(=O)O)c(Cl)n(CCOCc2ccccc2)c1-c1ccccc1C(F)(F)F. The lowest BCUT2D eigenvalue weighted by molar-refractivity contribution is -0.137. The minimum atomic E-state index is -4.60. The molecular weight excluding hydrogens is 419 g/mol. The van der Waals surface area contributed by atoms with Crippen molar-refractivity contribution in [2.45, 2.75) is 26.3 Å². The number of halogens is 4. The van der Waals surface area contributed by atoms with Gasteiger partial charge in [-0.15, -0.1) is 0 Å². The molecule has 8 heteroatoms. The van der Waals surface area contributed by atoms with Gasteiger partial charge in [-0.25, -0.2) is 4.79 Å². The van der Waals surface area contributed by atoms with Gasteiger partial charge in [0.1, 0.15) is 5.15 Å². The lowest BCUT2D eigenvalue weighted by Gasteiger charge is -2.17. The number of carboxylic acids is 1. The van der Waals surface area contributed by atoms with Gasteiger partial charge in [0.15, 0.2) is 0 Å². The molecule has 0 saturated heterocycles. The number of ether oxygens (including phenoxy) is 1. The van der Waals surface area contributed by atoms with Crippen LogP contribution in [0.3, 0.4) is 0 Å². The van der Waals surface area contributed by atoms with E-state index >= 15 is 0 Å². The van der Waals surface area contributed by atoms with E-state index in [1.165, 1.54) is 29.7 Å². The van der Waals surface area contributed by atoms with Crippen LogP contribution in [0.1, 0.15) is 27.0 Å². The zero-order valence-corrected chi connectivity index (χ0v) is 16.8. The lowest BCUT2D eigenvalue weighted by Crippen LogP contribution is -2.11. The van der Waals surface area contributed by atoms with Crippen LogP contribution in [0.15, 0.2) is 54.6 Å². The van der Waals surface area contributed by atoms with Crippen LogP contribution in [0.5, 0.6) is 0 Å². The molecule has 3 rings (SSSR count). The van der Waals surface area contributed by atoms with Gasteiger partial charge in [0.2, 0.25) is 0 Å². The fraction of sp³-hybridized carbons (Fsp3) is 0.227. The molecule has 0 amide bonds. The Morgan fingerprint density at radius 1 is 1.10 bits per heavy atom. The van der Waals surface area contributed by atoms with Gasteiger partial charge in [-0.05, 0) is 24.1 Å². The molecule has 2 aromatic carbocycles. The average Bonchev–Trinajstić information content (AvgIpc) is 2.95. The van der Waals surface area contributed by atoms with Gasteiger partial charge in [0.05, 0.1) is 30.0 Å². The quantitative estimate of drug-likeness (QED) is 0.458. The van der Waals surface area contributed by atoms with E-state index in [1.54, 1.807) is 0 Å². The molecule has 3 aromatic rings. The molecule has 1 N–H and O–H groups in total. The molecule has 158 valence electrons. The Kier molecular flexibility index (Phi) is 6.53. The van der Waals surface area contributed by atoms with E-state index in [-0.39, 0.29) is 40.7 Å². The van der Waals surface area contributed by atoms with Crippen molar-refractivity contribution in [3.8, 4) is 11.3 Å². The van der Waals surface area contributed by atoms with Gasteiger partial charge in [0.25, 0.3) is 0 Å². The normalized spacial score (nSPS) is 11.6. The van der Waals surface area contributed by atoms with Crippen molar-refractivity contribution in [2.75, 3.05) is 6.61 Å². The van der Waals surface area contributed by atoms with Gasteiger partial charge in [-0.2, -0.15) is 13.2 Å². The molecule has 0 aliphatic rings. The summed E-state index contributed by atoms with van der Waals surface area (Å²) in [5.41, 5.74) is 0.0411. The second kappa shape index (κ2) is 8.93. The van der Waals surface area contributed by atoms with Crippen molar-refractivity contribution in [3.05, 3.63) is 82.0 Å². The highest BCUT2D eigenvalue weighted by molar-refractivity contribution is 6.33. The number of hydrogen-bond acceptors (Lipinski definition) is 2. The molecule has 1 aromatic heterocycles. The first-order chi connectivity index (χ1) is 14.2. The summed E-state index contributed by atoms with van der Waals surface area (Å²) in [6.45, 7) is 2.02. The molecule has 0 spiro atoms. The maximum absolute atomic E-state index is 13.6. The number of benzene rings is 2. The maximum atomic E-state index is 13.6. The van der Waals surface area contributed by atoms with Crippen molar-refractivity contribution in [1.29, 1.82) is 0 Å². The summed E-state index contributed by atoms with van der Waals surface area (Å²) in [5, 5.41) is 9.40. The first kappa shape index (κ1) is 21.9. The summed E-state index contributed by atoms with van der Waals surface area (Å²) in [6.07, 6.45) is -4.60. The van der Waals surface area contributed by atoms with Crippen molar-refractivity contribution < 1.29 is 27.8 Å². The van der Waals surface area contributed by atoms with E-state index in [4.69, 9.17) is 16.3 Å². The number of nitrogens with zero attached hydrogens (tertiary/aromatic N) is 1. The van der Waals surface area contributed by atoms with Crippen molar-refractivity contribution >= 4 is 17.6 Å². The van der Waals surface area contributed by atoms with Crippen molar-refractivity contribution in [1.82, 2.24) is 4.57 Å². The third-order valence-electron chi connectivity index (χ3n) is 4.72. The van der Waals surface area contributed by atoms with Gasteiger partial charge in [-0.3, -0.25) is 0 Å². The molecular formula is C22H19ClF3NO3. The number of carbonyl (C=O) groups is 1.